The van der Waals surface area contributed by atoms with Crippen LogP contribution < -0.4 is 10.2 Å². The second-order valence-electron chi connectivity index (χ2n) is 6.59. The van der Waals surface area contributed by atoms with E-state index in [2.05, 4.69) is 22.3 Å². The summed E-state index contributed by atoms with van der Waals surface area (Å²) < 4.78 is 14.3. The standard InChI is InChI=1S/C21H24FN3OS2/c1-16(26)17-7-8-20(19(22)15-17)24-10-12-25(13-11-24)21(27)23-9-14-28-18-5-3-2-4-6-18/h2-8,15H,9-14H2,1H3,(H,23,27). The van der Waals surface area contributed by atoms with Crippen molar-refractivity contribution in [3.05, 3.63) is 59.9 Å². The highest BCUT2D eigenvalue weighted by Crippen LogP contribution is 2.22. The van der Waals surface area contributed by atoms with Crippen LogP contribution in [0.4, 0.5) is 10.1 Å². The van der Waals surface area contributed by atoms with Crippen LogP contribution in [0.15, 0.2) is 53.4 Å². The Labute approximate surface area is 175 Å². The molecule has 28 heavy (non-hydrogen) atoms. The van der Waals surface area contributed by atoms with Crippen LogP contribution in [-0.4, -0.2) is 54.3 Å². The Hall–Kier alpha value is -2.12. The monoisotopic (exact) mass is 417 g/mol. The van der Waals surface area contributed by atoms with Crippen molar-refractivity contribution in [2.24, 2.45) is 0 Å². The first kappa shape index (κ1) is 20.6. The van der Waals surface area contributed by atoms with Crippen molar-refractivity contribution in [2.75, 3.05) is 43.4 Å². The molecule has 1 heterocycles. The Morgan fingerprint density at radius 2 is 1.86 bits per heavy atom. The minimum absolute atomic E-state index is 0.128. The van der Waals surface area contributed by atoms with Gasteiger partial charge in [0.2, 0.25) is 0 Å². The number of rotatable bonds is 6. The van der Waals surface area contributed by atoms with Gasteiger partial charge in [0.15, 0.2) is 10.9 Å². The average Bonchev–Trinajstić information content (AvgIpc) is 2.72. The van der Waals surface area contributed by atoms with Crippen molar-refractivity contribution < 1.29 is 9.18 Å². The molecular formula is C21H24FN3OS2. The summed E-state index contributed by atoms with van der Waals surface area (Å²) in [6.45, 7) is 5.12. The number of piperazine rings is 1. The second kappa shape index (κ2) is 9.89. The van der Waals surface area contributed by atoms with Crippen LogP contribution in [0.2, 0.25) is 0 Å². The number of Topliss-reactive ketones (excluding diaryl/α,β-unsaturated/α-hetero) is 1. The molecule has 0 spiro atoms. The molecule has 148 valence electrons. The van der Waals surface area contributed by atoms with E-state index in [1.165, 1.54) is 17.9 Å². The fourth-order valence-electron chi connectivity index (χ4n) is 3.09. The first-order chi connectivity index (χ1) is 13.5. The Morgan fingerprint density at radius 1 is 1.14 bits per heavy atom. The van der Waals surface area contributed by atoms with Crippen LogP contribution in [-0.2, 0) is 0 Å². The van der Waals surface area contributed by atoms with Crippen LogP contribution in [0.5, 0.6) is 0 Å². The number of ketones is 1. The fraction of sp³-hybridized carbons (Fsp3) is 0.333. The number of benzene rings is 2. The van der Waals surface area contributed by atoms with Crippen molar-refractivity contribution in [1.82, 2.24) is 10.2 Å². The number of thioether (sulfide) groups is 1. The molecule has 2 aromatic carbocycles. The molecule has 1 saturated heterocycles. The Kier molecular flexibility index (Phi) is 7.28. The Balaban J connectivity index is 1.43. The number of anilines is 1. The summed E-state index contributed by atoms with van der Waals surface area (Å²) in [6, 6.07) is 15.0. The second-order valence-corrected chi connectivity index (χ2v) is 8.14. The summed E-state index contributed by atoms with van der Waals surface area (Å²) in [5.74, 6) is 0.467. The number of nitrogens with one attached hydrogen (secondary N) is 1. The van der Waals surface area contributed by atoms with Crippen LogP contribution >= 0.6 is 24.0 Å². The number of hydrogen-bond acceptors (Lipinski definition) is 4. The molecule has 0 amide bonds. The summed E-state index contributed by atoms with van der Waals surface area (Å²) in [4.78, 5) is 16.8. The topological polar surface area (TPSA) is 35.6 Å². The molecule has 7 heteroatoms. The normalized spacial score (nSPS) is 14.1. The number of hydrogen-bond donors (Lipinski definition) is 1. The summed E-state index contributed by atoms with van der Waals surface area (Å²) in [5.41, 5.74) is 0.946. The minimum atomic E-state index is -0.347. The molecule has 2 aromatic rings. The Morgan fingerprint density at radius 3 is 2.50 bits per heavy atom. The smallest absolute Gasteiger partial charge is 0.169 e. The van der Waals surface area contributed by atoms with Crippen molar-refractivity contribution in [3.8, 4) is 0 Å². The zero-order valence-electron chi connectivity index (χ0n) is 15.9. The molecule has 1 aliphatic heterocycles. The molecular weight excluding hydrogens is 393 g/mol. The predicted molar refractivity (Wildman–Crippen MR) is 118 cm³/mol. The first-order valence-corrected chi connectivity index (χ1v) is 10.7. The third-order valence-corrected chi connectivity index (χ3v) is 6.07. The van der Waals surface area contributed by atoms with Crippen LogP contribution in [0, 0.1) is 5.82 Å². The highest BCUT2D eigenvalue weighted by molar-refractivity contribution is 7.99. The molecule has 0 atom stereocenters. The Bertz CT molecular complexity index is 824. The van der Waals surface area contributed by atoms with Gasteiger partial charge in [0, 0.05) is 48.9 Å². The minimum Gasteiger partial charge on any atom is -0.366 e. The lowest BCUT2D eigenvalue weighted by Crippen LogP contribution is -2.52. The number of thiocarbonyl (C=S) groups is 1. The molecule has 1 N–H and O–H groups in total. The van der Waals surface area contributed by atoms with Crippen molar-refractivity contribution in [2.45, 2.75) is 11.8 Å². The number of nitrogens with zero attached hydrogens (tertiary/aromatic N) is 2. The molecule has 4 nitrogen and oxygen atoms in total. The van der Waals surface area contributed by atoms with E-state index in [4.69, 9.17) is 12.2 Å². The summed E-state index contributed by atoms with van der Waals surface area (Å²) in [6.07, 6.45) is 0. The quantitative estimate of drug-likeness (QED) is 0.333. The lowest BCUT2D eigenvalue weighted by Gasteiger charge is -2.37. The third-order valence-electron chi connectivity index (χ3n) is 4.65. The summed E-state index contributed by atoms with van der Waals surface area (Å²) >= 11 is 7.30. The van der Waals surface area contributed by atoms with E-state index < -0.39 is 0 Å². The van der Waals surface area contributed by atoms with Crippen molar-refractivity contribution in [3.63, 3.8) is 0 Å². The molecule has 3 rings (SSSR count). The SMILES string of the molecule is CC(=O)c1ccc(N2CCN(C(=S)NCCSc3ccccc3)CC2)c(F)c1. The third kappa shape index (κ3) is 5.45. The number of halogens is 1. The summed E-state index contributed by atoms with van der Waals surface area (Å²) in [7, 11) is 0. The molecule has 0 unspecified atom stereocenters. The highest BCUT2D eigenvalue weighted by atomic mass is 32.2. The zero-order valence-corrected chi connectivity index (χ0v) is 17.5. The van der Waals surface area contributed by atoms with E-state index in [0.29, 0.717) is 24.3 Å². The summed E-state index contributed by atoms with van der Waals surface area (Å²) in [5, 5.41) is 4.07. The van der Waals surface area contributed by atoms with Crippen molar-refractivity contribution in [1.29, 1.82) is 0 Å². The van der Waals surface area contributed by atoms with Crippen LogP contribution in [0.1, 0.15) is 17.3 Å². The zero-order chi connectivity index (χ0) is 19.9. The maximum Gasteiger partial charge on any atom is 0.169 e. The molecule has 0 radical (unpaired) electrons. The van der Waals surface area contributed by atoms with Gasteiger partial charge in [-0.25, -0.2) is 4.39 Å². The first-order valence-electron chi connectivity index (χ1n) is 9.30. The van der Waals surface area contributed by atoms with Gasteiger partial charge in [0.05, 0.1) is 5.69 Å². The largest absolute Gasteiger partial charge is 0.366 e. The van der Waals surface area contributed by atoms with Gasteiger partial charge in [-0.05, 0) is 49.5 Å². The maximum atomic E-state index is 14.3. The number of carbonyl (C=O) groups excluding carboxylic acids is 1. The molecule has 1 aliphatic rings. The fourth-order valence-corrected chi connectivity index (χ4v) is 4.16. The number of carbonyl (C=O) groups is 1. The molecule has 0 aliphatic carbocycles. The van der Waals surface area contributed by atoms with Gasteiger partial charge in [-0.1, -0.05) is 18.2 Å². The van der Waals surface area contributed by atoms with Gasteiger partial charge >= 0.3 is 0 Å². The van der Waals surface area contributed by atoms with Crippen LogP contribution in [0.3, 0.4) is 0 Å². The van der Waals surface area contributed by atoms with Gasteiger partial charge in [-0.3, -0.25) is 4.79 Å². The molecule has 0 bridgehead atoms. The molecule has 0 aromatic heterocycles. The maximum absolute atomic E-state index is 14.3. The van der Waals surface area contributed by atoms with Gasteiger partial charge in [0.25, 0.3) is 0 Å². The van der Waals surface area contributed by atoms with E-state index in [0.717, 1.165) is 30.5 Å². The molecule has 0 saturated carbocycles. The van der Waals surface area contributed by atoms with Crippen LogP contribution in [0.25, 0.3) is 0 Å². The van der Waals surface area contributed by atoms with E-state index in [1.54, 1.807) is 23.9 Å². The van der Waals surface area contributed by atoms with Gasteiger partial charge in [-0.2, -0.15) is 0 Å². The van der Waals surface area contributed by atoms with E-state index in [-0.39, 0.29) is 11.6 Å². The van der Waals surface area contributed by atoms with Crippen molar-refractivity contribution >= 4 is 40.6 Å². The van der Waals surface area contributed by atoms with E-state index in [9.17, 15) is 9.18 Å². The highest BCUT2D eigenvalue weighted by Gasteiger charge is 2.21. The lowest BCUT2D eigenvalue weighted by atomic mass is 10.1. The predicted octanol–water partition coefficient (Wildman–Crippen LogP) is 3.82. The van der Waals surface area contributed by atoms with Gasteiger partial charge in [-0.15, -0.1) is 11.8 Å². The van der Waals surface area contributed by atoms with Gasteiger partial charge in [0.1, 0.15) is 5.82 Å². The van der Waals surface area contributed by atoms with E-state index >= 15 is 0 Å². The van der Waals surface area contributed by atoms with Gasteiger partial charge < -0.3 is 15.1 Å². The lowest BCUT2D eigenvalue weighted by molar-refractivity contribution is 0.101. The molecule has 1 fully saturated rings. The van der Waals surface area contributed by atoms with E-state index in [1.807, 2.05) is 23.1 Å². The average molecular weight is 418 g/mol.